The fraction of sp³-hybridized carbons (Fsp3) is 0.333. The lowest BCUT2D eigenvalue weighted by atomic mass is 9.59. The number of aliphatic carboxylic acids is 1. The Morgan fingerprint density at radius 3 is 2.19 bits per heavy atom. The van der Waals surface area contributed by atoms with Gasteiger partial charge in [-0.15, -0.1) is 0 Å². The molecule has 2 aromatic carbocycles. The molecule has 0 radical (unpaired) electrons. The van der Waals surface area contributed by atoms with Gasteiger partial charge < -0.3 is 14.6 Å². The Labute approximate surface area is 192 Å². The van der Waals surface area contributed by atoms with Gasteiger partial charge in [-0.3, -0.25) is 4.79 Å². The number of nitrogens with zero attached hydrogens (tertiary/aromatic N) is 1. The zero-order valence-corrected chi connectivity index (χ0v) is 19.3. The first kappa shape index (κ1) is 24.6. The summed E-state index contributed by atoms with van der Waals surface area (Å²) >= 11 is 11.7. The van der Waals surface area contributed by atoms with Crippen molar-refractivity contribution in [1.82, 2.24) is 0 Å². The van der Waals surface area contributed by atoms with Gasteiger partial charge in [-0.25, -0.2) is 0 Å². The summed E-state index contributed by atoms with van der Waals surface area (Å²) in [5.74, 6) is -1.27. The van der Waals surface area contributed by atoms with E-state index in [1.54, 1.807) is 76.4 Å². The Morgan fingerprint density at radius 2 is 1.71 bits per heavy atom. The lowest BCUT2D eigenvalue weighted by molar-refractivity contribution is -0.155. The van der Waals surface area contributed by atoms with Crippen LogP contribution >= 0.6 is 23.2 Å². The normalized spacial score (nSPS) is 14.6. The summed E-state index contributed by atoms with van der Waals surface area (Å²) in [6.45, 7) is 5.27. The Bertz CT molecular complexity index is 978. The van der Waals surface area contributed by atoms with Crippen molar-refractivity contribution in [1.29, 1.82) is 5.26 Å². The molecule has 0 spiro atoms. The van der Waals surface area contributed by atoms with Gasteiger partial charge in [0.25, 0.3) is 0 Å². The summed E-state index contributed by atoms with van der Waals surface area (Å²) < 4.78 is 11.0. The lowest BCUT2D eigenvalue weighted by Crippen LogP contribution is -2.46. The van der Waals surface area contributed by atoms with Crippen molar-refractivity contribution in [2.45, 2.75) is 26.7 Å². The predicted octanol–water partition coefficient (Wildman–Crippen LogP) is 6.78. The number of ether oxygens (including phenoxy) is 2. The second-order valence-electron chi connectivity index (χ2n) is 7.55. The predicted molar refractivity (Wildman–Crippen MR) is 122 cm³/mol. The fourth-order valence-corrected chi connectivity index (χ4v) is 4.39. The summed E-state index contributed by atoms with van der Waals surface area (Å²) in [7, 11) is 1.58. The molecule has 0 saturated carbocycles. The number of carbonyl (C=O) groups is 1. The molecule has 31 heavy (non-hydrogen) atoms. The molecule has 2 aromatic rings. The third kappa shape index (κ3) is 5.33. The molecule has 0 aliphatic heterocycles. The summed E-state index contributed by atoms with van der Waals surface area (Å²) in [6, 6.07) is 16.2. The Hall–Kier alpha value is -2.68. The minimum absolute atomic E-state index is 0.0351. The second kappa shape index (κ2) is 10.6. The first-order valence-corrected chi connectivity index (χ1v) is 10.5. The van der Waals surface area contributed by atoms with Crippen molar-refractivity contribution in [2.24, 2.45) is 17.3 Å². The molecule has 7 heteroatoms. The van der Waals surface area contributed by atoms with Crippen molar-refractivity contribution < 1.29 is 19.4 Å². The van der Waals surface area contributed by atoms with E-state index in [0.29, 0.717) is 22.8 Å². The highest BCUT2D eigenvalue weighted by Gasteiger charge is 2.53. The maximum atomic E-state index is 12.6. The van der Waals surface area contributed by atoms with E-state index in [1.165, 1.54) is 6.08 Å². The molecule has 3 unspecified atom stereocenters. The average molecular weight is 462 g/mol. The number of carboxylic acid groups (broad SMARTS) is 1. The summed E-state index contributed by atoms with van der Waals surface area (Å²) in [6.07, 6.45) is 1.47. The topological polar surface area (TPSA) is 79.5 Å². The SMILES string of the molecule is COc1ccc(Oc2cccc(C(C#N)C(C(=O)O)(C(C)C)C(C)C=C(Cl)Cl)c2)cc1. The highest BCUT2D eigenvalue weighted by Crippen LogP contribution is 2.50. The molecular weight excluding hydrogens is 437 g/mol. The van der Waals surface area contributed by atoms with Crippen LogP contribution in [0, 0.1) is 28.6 Å². The molecule has 3 atom stereocenters. The van der Waals surface area contributed by atoms with Gasteiger partial charge in [0, 0.05) is 0 Å². The molecule has 0 aliphatic rings. The standard InChI is InChI=1S/C24H25Cl2NO4/c1-15(2)24(23(28)29,16(3)12-22(25)26)21(14-27)17-6-5-7-20(13-17)31-19-10-8-18(30-4)9-11-19/h5-13,15-16,21H,1-4H3,(H,28,29). The van der Waals surface area contributed by atoms with Gasteiger partial charge in [0.2, 0.25) is 0 Å². The van der Waals surface area contributed by atoms with Gasteiger partial charge in [-0.1, -0.05) is 62.2 Å². The van der Waals surface area contributed by atoms with Crippen LogP contribution in [0.5, 0.6) is 17.2 Å². The van der Waals surface area contributed by atoms with E-state index in [4.69, 9.17) is 32.7 Å². The van der Waals surface area contributed by atoms with E-state index in [9.17, 15) is 15.2 Å². The second-order valence-corrected chi connectivity index (χ2v) is 8.56. The molecule has 0 bridgehead atoms. The van der Waals surface area contributed by atoms with Crippen LogP contribution in [-0.2, 0) is 4.79 Å². The van der Waals surface area contributed by atoms with Gasteiger partial charge in [0.15, 0.2) is 0 Å². The molecule has 0 aromatic heterocycles. The highest BCUT2D eigenvalue weighted by molar-refractivity contribution is 6.55. The molecule has 5 nitrogen and oxygen atoms in total. The number of hydrogen-bond donors (Lipinski definition) is 1. The summed E-state index contributed by atoms with van der Waals surface area (Å²) in [5.41, 5.74) is -0.918. The van der Waals surface area contributed by atoms with E-state index >= 15 is 0 Å². The molecule has 164 valence electrons. The fourth-order valence-electron chi connectivity index (χ4n) is 4.01. The average Bonchev–Trinajstić information content (AvgIpc) is 2.71. The van der Waals surface area contributed by atoms with Crippen LogP contribution in [0.1, 0.15) is 32.3 Å². The minimum Gasteiger partial charge on any atom is -0.497 e. The molecule has 1 N–H and O–H groups in total. The van der Waals surface area contributed by atoms with E-state index in [2.05, 4.69) is 6.07 Å². The third-order valence-electron chi connectivity index (χ3n) is 5.55. The first-order valence-electron chi connectivity index (χ1n) is 9.74. The van der Waals surface area contributed by atoms with Crippen LogP contribution in [0.2, 0.25) is 0 Å². The molecule has 0 aliphatic carbocycles. The summed E-state index contributed by atoms with van der Waals surface area (Å²) in [4.78, 5) is 12.6. The molecule has 0 fully saturated rings. The van der Waals surface area contributed by atoms with Crippen molar-refractivity contribution in [3.05, 3.63) is 64.7 Å². The quantitative estimate of drug-likeness (QED) is 0.445. The number of nitriles is 1. The maximum absolute atomic E-state index is 12.6. The van der Waals surface area contributed by atoms with Crippen LogP contribution in [0.25, 0.3) is 0 Å². The van der Waals surface area contributed by atoms with Gasteiger partial charge in [0.05, 0.1) is 24.5 Å². The number of benzene rings is 2. The highest BCUT2D eigenvalue weighted by atomic mass is 35.5. The Kier molecular flexibility index (Phi) is 8.38. The van der Waals surface area contributed by atoms with Gasteiger partial charge in [-0.05, 0) is 53.8 Å². The van der Waals surface area contributed by atoms with Crippen LogP contribution in [0.15, 0.2) is 59.1 Å². The van der Waals surface area contributed by atoms with Gasteiger partial charge >= 0.3 is 5.97 Å². The van der Waals surface area contributed by atoms with Crippen LogP contribution in [-0.4, -0.2) is 18.2 Å². The first-order chi connectivity index (χ1) is 14.7. The summed E-state index contributed by atoms with van der Waals surface area (Å²) in [5, 5.41) is 20.4. The number of rotatable bonds is 9. The van der Waals surface area contributed by atoms with E-state index in [1.807, 2.05) is 0 Å². The van der Waals surface area contributed by atoms with Crippen molar-refractivity contribution >= 4 is 29.2 Å². The zero-order chi connectivity index (χ0) is 23.2. The largest absolute Gasteiger partial charge is 0.497 e. The minimum atomic E-state index is -1.46. The third-order valence-corrected chi connectivity index (χ3v) is 5.80. The number of carboxylic acids is 1. The zero-order valence-electron chi connectivity index (χ0n) is 17.8. The van der Waals surface area contributed by atoms with Crippen LogP contribution in [0.4, 0.5) is 0 Å². The van der Waals surface area contributed by atoms with Crippen LogP contribution < -0.4 is 9.47 Å². The smallest absolute Gasteiger partial charge is 0.312 e. The maximum Gasteiger partial charge on any atom is 0.312 e. The molecule has 0 heterocycles. The number of methoxy groups -OCH3 is 1. The van der Waals surface area contributed by atoms with E-state index in [-0.39, 0.29) is 10.4 Å². The van der Waals surface area contributed by atoms with Crippen molar-refractivity contribution in [3.63, 3.8) is 0 Å². The lowest BCUT2D eigenvalue weighted by Gasteiger charge is -2.41. The van der Waals surface area contributed by atoms with Crippen molar-refractivity contribution in [3.8, 4) is 23.3 Å². The van der Waals surface area contributed by atoms with E-state index in [0.717, 1.165) is 0 Å². The van der Waals surface area contributed by atoms with Crippen molar-refractivity contribution in [2.75, 3.05) is 7.11 Å². The molecule has 0 amide bonds. The Morgan fingerprint density at radius 1 is 1.10 bits per heavy atom. The molecular formula is C24H25Cl2NO4. The molecule has 2 rings (SSSR count). The Balaban J connectivity index is 2.51. The van der Waals surface area contributed by atoms with Crippen LogP contribution in [0.3, 0.4) is 0 Å². The number of halogens is 2. The van der Waals surface area contributed by atoms with E-state index < -0.39 is 23.2 Å². The number of allylic oxidation sites excluding steroid dienone is 1. The molecule has 0 saturated heterocycles. The van der Waals surface area contributed by atoms with Gasteiger partial charge in [0.1, 0.15) is 21.7 Å². The monoisotopic (exact) mass is 461 g/mol. The number of hydrogen-bond acceptors (Lipinski definition) is 4. The van der Waals surface area contributed by atoms with Gasteiger partial charge in [-0.2, -0.15) is 5.26 Å².